The molecule has 126 valence electrons. The van der Waals surface area contributed by atoms with Gasteiger partial charge in [-0.25, -0.2) is 0 Å². The van der Waals surface area contributed by atoms with E-state index >= 15 is 0 Å². The van der Waals surface area contributed by atoms with Gasteiger partial charge in [0, 0.05) is 23.9 Å². The summed E-state index contributed by atoms with van der Waals surface area (Å²) in [5.74, 6) is -0.231. The van der Waals surface area contributed by atoms with Crippen LogP contribution in [0.2, 0.25) is 0 Å². The Kier molecular flexibility index (Phi) is 3.39. The summed E-state index contributed by atoms with van der Waals surface area (Å²) < 4.78 is 2.03. The van der Waals surface area contributed by atoms with E-state index in [1.54, 1.807) is 10.6 Å². The third-order valence-electron chi connectivity index (χ3n) is 4.93. The minimum atomic E-state index is -0.829. The number of rotatable bonds is 0. The van der Waals surface area contributed by atoms with Crippen molar-refractivity contribution in [2.75, 3.05) is 0 Å². The Labute approximate surface area is 143 Å². The number of hydrogen-bond donors (Lipinski definition) is 2. The van der Waals surface area contributed by atoms with Crippen LogP contribution in [-0.4, -0.2) is 31.8 Å². The quantitative estimate of drug-likeness (QED) is 0.720. The van der Waals surface area contributed by atoms with Crippen molar-refractivity contribution in [2.45, 2.75) is 64.2 Å². The molecular weight excluding hydrogens is 362 g/mol. The SMILES string of the molecule is Cc1cc(Br)c(=O)n2c1C(=O)NC21CC(C)(C)N(O)C(C)(C)C1. The van der Waals surface area contributed by atoms with Crippen LogP contribution in [0.25, 0.3) is 0 Å². The molecule has 1 aromatic heterocycles. The van der Waals surface area contributed by atoms with Crippen LogP contribution in [0.1, 0.15) is 56.6 Å². The van der Waals surface area contributed by atoms with Gasteiger partial charge in [-0.1, -0.05) is 0 Å². The van der Waals surface area contributed by atoms with Gasteiger partial charge in [-0.05, 0) is 62.2 Å². The average Bonchev–Trinajstić information content (AvgIpc) is 2.65. The summed E-state index contributed by atoms with van der Waals surface area (Å²) in [6, 6.07) is 1.68. The highest BCUT2D eigenvalue weighted by Crippen LogP contribution is 2.46. The lowest BCUT2D eigenvalue weighted by molar-refractivity contribution is -0.262. The zero-order valence-corrected chi connectivity index (χ0v) is 15.6. The van der Waals surface area contributed by atoms with Crippen molar-refractivity contribution in [1.29, 1.82) is 0 Å². The van der Waals surface area contributed by atoms with Crippen LogP contribution < -0.4 is 10.9 Å². The number of amides is 1. The molecular formula is C16H22BrN3O3. The zero-order valence-electron chi connectivity index (χ0n) is 14.0. The Morgan fingerprint density at radius 1 is 1.17 bits per heavy atom. The zero-order chi connectivity index (χ0) is 17.4. The summed E-state index contributed by atoms with van der Waals surface area (Å²) in [5.41, 5.74) is -1.06. The fourth-order valence-corrected chi connectivity index (χ4v) is 4.95. The standard InChI is InChI=1S/C16H22BrN3O3/c1-9-6-10(17)13(22)19-11(9)12(21)18-16(19)7-14(2,3)20(23)15(4,5)8-16/h6,23H,7-8H2,1-5H3,(H,18,21). The molecule has 2 aliphatic rings. The van der Waals surface area contributed by atoms with Gasteiger partial charge in [0.25, 0.3) is 11.5 Å². The summed E-state index contributed by atoms with van der Waals surface area (Å²) in [6.07, 6.45) is 0.878. The van der Waals surface area contributed by atoms with Crippen molar-refractivity contribution >= 4 is 21.8 Å². The highest BCUT2D eigenvalue weighted by Gasteiger charge is 2.57. The van der Waals surface area contributed by atoms with E-state index in [0.717, 1.165) is 5.56 Å². The molecule has 0 aliphatic carbocycles. The molecule has 3 heterocycles. The summed E-state index contributed by atoms with van der Waals surface area (Å²) in [6.45, 7) is 9.48. The van der Waals surface area contributed by atoms with E-state index in [9.17, 15) is 14.8 Å². The van der Waals surface area contributed by atoms with Crippen LogP contribution in [0.5, 0.6) is 0 Å². The van der Waals surface area contributed by atoms with Crippen molar-refractivity contribution in [3.05, 3.63) is 32.2 Å². The van der Waals surface area contributed by atoms with Gasteiger partial charge in [-0.3, -0.25) is 14.2 Å². The summed E-state index contributed by atoms with van der Waals surface area (Å²) >= 11 is 3.31. The van der Waals surface area contributed by atoms with E-state index in [4.69, 9.17) is 0 Å². The van der Waals surface area contributed by atoms with Crippen molar-refractivity contribution < 1.29 is 10.0 Å². The number of aryl methyl sites for hydroxylation is 1. The lowest BCUT2D eigenvalue weighted by Gasteiger charge is -2.55. The molecule has 0 unspecified atom stereocenters. The van der Waals surface area contributed by atoms with Crippen LogP contribution in [0.15, 0.2) is 15.3 Å². The minimum Gasteiger partial charge on any atom is -0.327 e. The number of fused-ring (bicyclic) bond motifs is 2. The Morgan fingerprint density at radius 3 is 2.22 bits per heavy atom. The third-order valence-corrected chi connectivity index (χ3v) is 5.50. The van der Waals surface area contributed by atoms with Crippen LogP contribution >= 0.6 is 15.9 Å². The van der Waals surface area contributed by atoms with Crippen LogP contribution in [-0.2, 0) is 5.66 Å². The summed E-state index contributed by atoms with van der Waals surface area (Å²) in [5, 5.41) is 14.9. The van der Waals surface area contributed by atoms with Gasteiger partial charge < -0.3 is 10.5 Å². The Hall–Kier alpha value is -1.18. The molecule has 2 N–H and O–H groups in total. The Morgan fingerprint density at radius 2 is 1.70 bits per heavy atom. The third kappa shape index (κ3) is 2.21. The molecule has 6 nitrogen and oxygen atoms in total. The predicted molar refractivity (Wildman–Crippen MR) is 89.6 cm³/mol. The highest BCUT2D eigenvalue weighted by molar-refractivity contribution is 9.10. The normalized spacial score (nSPS) is 24.6. The second-order valence-corrected chi connectivity index (χ2v) is 8.79. The average molecular weight is 384 g/mol. The van der Waals surface area contributed by atoms with Gasteiger partial charge in [0.05, 0.1) is 4.47 Å². The molecule has 0 aromatic carbocycles. The number of carbonyl (C=O) groups is 1. The fourth-order valence-electron chi connectivity index (χ4n) is 4.43. The first-order valence-electron chi connectivity index (χ1n) is 7.66. The van der Waals surface area contributed by atoms with Gasteiger partial charge in [0.15, 0.2) is 0 Å². The lowest BCUT2D eigenvalue weighted by Crippen LogP contribution is -2.68. The van der Waals surface area contributed by atoms with E-state index in [-0.39, 0.29) is 11.5 Å². The van der Waals surface area contributed by atoms with Crippen molar-refractivity contribution in [3.8, 4) is 0 Å². The molecule has 3 rings (SSSR count). The van der Waals surface area contributed by atoms with E-state index < -0.39 is 16.7 Å². The molecule has 0 atom stereocenters. The fraction of sp³-hybridized carbons (Fsp3) is 0.625. The van der Waals surface area contributed by atoms with Gasteiger partial charge in [0.1, 0.15) is 11.4 Å². The molecule has 1 amide bonds. The highest BCUT2D eigenvalue weighted by atomic mass is 79.9. The summed E-state index contributed by atoms with van der Waals surface area (Å²) in [7, 11) is 0. The number of hydroxylamine groups is 2. The van der Waals surface area contributed by atoms with Crippen LogP contribution in [0, 0.1) is 6.92 Å². The van der Waals surface area contributed by atoms with Crippen molar-refractivity contribution in [1.82, 2.24) is 14.9 Å². The van der Waals surface area contributed by atoms with Gasteiger partial charge >= 0.3 is 0 Å². The topological polar surface area (TPSA) is 74.6 Å². The molecule has 1 aromatic rings. The smallest absolute Gasteiger partial charge is 0.270 e. The number of carbonyl (C=O) groups excluding carboxylic acids is 1. The van der Waals surface area contributed by atoms with E-state index in [2.05, 4.69) is 21.2 Å². The number of hydrogen-bond acceptors (Lipinski definition) is 4. The Bertz CT molecular complexity index is 749. The number of nitrogens with zero attached hydrogens (tertiary/aromatic N) is 2. The second-order valence-electron chi connectivity index (χ2n) is 7.94. The number of nitrogens with one attached hydrogen (secondary N) is 1. The van der Waals surface area contributed by atoms with Crippen LogP contribution in [0.3, 0.4) is 0 Å². The van der Waals surface area contributed by atoms with Crippen molar-refractivity contribution in [3.63, 3.8) is 0 Å². The van der Waals surface area contributed by atoms with Crippen LogP contribution in [0.4, 0.5) is 0 Å². The van der Waals surface area contributed by atoms with Crippen molar-refractivity contribution in [2.24, 2.45) is 0 Å². The maximum atomic E-state index is 12.8. The van der Waals surface area contributed by atoms with E-state index in [1.807, 2.05) is 34.6 Å². The molecule has 7 heteroatoms. The van der Waals surface area contributed by atoms with E-state index in [1.165, 1.54) is 5.06 Å². The first-order valence-corrected chi connectivity index (χ1v) is 8.45. The summed E-state index contributed by atoms with van der Waals surface area (Å²) in [4.78, 5) is 25.3. The molecule has 2 aliphatic heterocycles. The number of aromatic nitrogens is 1. The number of piperidine rings is 1. The molecule has 0 bridgehead atoms. The monoisotopic (exact) mass is 383 g/mol. The van der Waals surface area contributed by atoms with Gasteiger partial charge in [-0.2, -0.15) is 5.06 Å². The molecule has 0 radical (unpaired) electrons. The maximum absolute atomic E-state index is 12.8. The Balaban J connectivity index is 2.29. The maximum Gasteiger partial charge on any atom is 0.270 e. The first kappa shape index (κ1) is 16.7. The number of halogens is 1. The molecule has 1 spiro atoms. The molecule has 0 saturated carbocycles. The largest absolute Gasteiger partial charge is 0.327 e. The lowest BCUT2D eigenvalue weighted by atomic mass is 9.75. The van der Waals surface area contributed by atoms with Gasteiger partial charge in [-0.15, -0.1) is 0 Å². The first-order chi connectivity index (χ1) is 10.4. The van der Waals surface area contributed by atoms with Gasteiger partial charge in [0.2, 0.25) is 0 Å². The number of pyridine rings is 1. The molecule has 1 saturated heterocycles. The molecule has 1 fully saturated rings. The second kappa shape index (κ2) is 4.68. The predicted octanol–water partition coefficient (Wildman–Crippen LogP) is 2.36. The van der Waals surface area contributed by atoms with E-state index in [0.29, 0.717) is 23.0 Å². The molecule has 23 heavy (non-hydrogen) atoms. The minimum absolute atomic E-state index is 0.220.